The standard InChI is InChI=1S/C16H27N5O8S/c1-30-5-4-9(15(28)19-7-13(25)26)20-16(29)10(6-12(23)24)21-14(27)8(17)2-3-11(18)22/h8-10H,2-7,17H2,1H3,(H2,18,22)(H,19,28)(H,20,29)(H,21,27)(H,23,24)(H,25,26). The lowest BCUT2D eigenvalue weighted by molar-refractivity contribution is -0.141. The Hall–Kier alpha value is -2.87. The molecule has 3 atom stereocenters. The van der Waals surface area contributed by atoms with Crippen LogP contribution in [0.3, 0.4) is 0 Å². The summed E-state index contributed by atoms with van der Waals surface area (Å²) in [7, 11) is 0. The van der Waals surface area contributed by atoms with Gasteiger partial charge in [-0.15, -0.1) is 0 Å². The van der Waals surface area contributed by atoms with E-state index in [1.54, 1.807) is 6.26 Å². The number of hydrogen-bond acceptors (Lipinski definition) is 8. The van der Waals surface area contributed by atoms with Crippen LogP contribution in [0.4, 0.5) is 0 Å². The quantitative estimate of drug-likeness (QED) is 0.134. The van der Waals surface area contributed by atoms with Gasteiger partial charge in [0.2, 0.25) is 23.6 Å². The molecule has 0 spiro atoms. The molecule has 4 amide bonds. The molecule has 170 valence electrons. The second-order valence-corrected chi connectivity index (χ2v) is 7.21. The number of primary amides is 1. The third-order valence-electron chi connectivity index (χ3n) is 3.71. The largest absolute Gasteiger partial charge is 0.481 e. The predicted molar refractivity (Wildman–Crippen MR) is 106 cm³/mol. The van der Waals surface area contributed by atoms with Gasteiger partial charge in [0.15, 0.2) is 0 Å². The first-order valence-corrected chi connectivity index (χ1v) is 10.2. The normalized spacial score (nSPS) is 13.4. The minimum absolute atomic E-state index is 0.101. The van der Waals surface area contributed by atoms with Crippen molar-refractivity contribution >= 4 is 47.3 Å². The van der Waals surface area contributed by atoms with Gasteiger partial charge >= 0.3 is 11.9 Å². The number of aliphatic carboxylic acids is 2. The van der Waals surface area contributed by atoms with E-state index >= 15 is 0 Å². The smallest absolute Gasteiger partial charge is 0.322 e. The van der Waals surface area contributed by atoms with Gasteiger partial charge in [-0.2, -0.15) is 11.8 Å². The molecular formula is C16H27N5O8S. The maximum atomic E-state index is 12.5. The summed E-state index contributed by atoms with van der Waals surface area (Å²) in [6.45, 7) is -0.658. The number of carbonyl (C=O) groups is 6. The summed E-state index contributed by atoms with van der Waals surface area (Å²) >= 11 is 1.37. The molecule has 0 saturated carbocycles. The summed E-state index contributed by atoms with van der Waals surface area (Å²) in [4.78, 5) is 69.2. The number of thioether (sulfide) groups is 1. The Morgan fingerprint density at radius 1 is 0.900 bits per heavy atom. The maximum Gasteiger partial charge on any atom is 0.322 e. The van der Waals surface area contributed by atoms with Gasteiger partial charge in [0, 0.05) is 6.42 Å². The van der Waals surface area contributed by atoms with E-state index in [1.807, 2.05) is 0 Å². The molecule has 0 aliphatic carbocycles. The Morgan fingerprint density at radius 3 is 2.00 bits per heavy atom. The third kappa shape index (κ3) is 11.9. The molecule has 3 unspecified atom stereocenters. The van der Waals surface area contributed by atoms with Gasteiger partial charge in [0.05, 0.1) is 12.5 Å². The molecule has 0 radical (unpaired) electrons. The van der Waals surface area contributed by atoms with Crippen molar-refractivity contribution in [3.8, 4) is 0 Å². The van der Waals surface area contributed by atoms with E-state index in [-0.39, 0.29) is 19.3 Å². The van der Waals surface area contributed by atoms with Crippen molar-refractivity contribution in [2.45, 2.75) is 43.8 Å². The van der Waals surface area contributed by atoms with Gasteiger partial charge in [-0.3, -0.25) is 28.8 Å². The van der Waals surface area contributed by atoms with Crippen molar-refractivity contribution in [3.05, 3.63) is 0 Å². The van der Waals surface area contributed by atoms with Crippen LogP contribution in [-0.4, -0.2) is 82.5 Å². The van der Waals surface area contributed by atoms with Crippen LogP contribution in [0, 0.1) is 0 Å². The van der Waals surface area contributed by atoms with E-state index < -0.39 is 66.7 Å². The molecule has 0 saturated heterocycles. The molecule has 0 bridgehead atoms. The highest BCUT2D eigenvalue weighted by molar-refractivity contribution is 7.98. The minimum Gasteiger partial charge on any atom is -0.481 e. The molecule has 9 N–H and O–H groups in total. The molecule has 30 heavy (non-hydrogen) atoms. The van der Waals surface area contributed by atoms with Gasteiger partial charge in [-0.05, 0) is 24.9 Å². The first-order chi connectivity index (χ1) is 14.0. The van der Waals surface area contributed by atoms with Gasteiger partial charge in [-0.25, -0.2) is 0 Å². The monoisotopic (exact) mass is 449 g/mol. The SMILES string of the molecule is CSCCC(NC(=O)C(CC(=O)O)NC(=O)C(N)CCC(N)=O)C(=O)NCC(=O)O. The van der Waals surface area contributed by atoms with Crippen LogP contribution in [0.1, 0.15) is 25.7 Å². The Balaban J connectivity index is 5.19. The average Bonchev–Trinajstić information content (AvgIpc) is 2.65. The van der Waals surface area contributed by atoms with Crippen LogP contribution < -0.4 is 27.4 Å². The number of carboxylic acid groups (broad SMARTS) is 2. The first-order valence-electron chi connectivity index (χ1n) is 8.82. The van der Waals surface area contributed by atoms with Crippen molar-refractivity contribution in [1.82, 2.24) is 16.0 Å². The number of nitrogens with one attached hydrogen (secondary N) is 3. The summed E-state index contributed by atoms with van der Waals surface area (Å²) in [5.74, 6) is -5.49. The lowest BCUT2D eigenvalue weighted by atomic mass is 10.1. The molecular weight excluding hydrogens is 422 g/mol. The lowest BCUT2D eigenvalue weighted by Gasteiger charge is -2.23. The molecule has 0 fully saturated rings. The van der Waals surface area contributed by atoms with Crippen LogP contribution in [0.5, 0.6) is 0 Å². The summed E-state index contributed by atoms with van der Waals surface area (Å²) < 4.78 is 0. The molecule has 0 aromatic carbocycles. The summed E-state index contributed by atoms with van der Waals surface area (Å²) in [5.41, 5.74) is 10.6. The van der Waals surface area contributed by atoms with Crippen LogP contribution in [0.15, 0.2) is 0 Å². The lowest BCUT2D eigenvalue weighted by Crippen LogP contribution is -2.56. The zero-order valence-corrected chi connectivity index (χ0v) is 17.2. The van der Waals surface area contributed by atoms with Gasteiger partial charge in [0.1, 0.15) is 18.6 Å². The molecule has 0 aliphatic rings. The van der Waals surface area contributed by atoms with Crippen LogP contribution in [0.25, 0.3) is 0 Å². The van der Waals surface area contributed by atoms with Crippen molar-refractivity contribution in [1.29, 1.82) is 0 Å². The molecule has 0 rings (SSSR count). The van der Waals surface area contributed by atoms with Gasteiger partial charge in [-0.1, -0.05) is 0 Å². The summed E-state index contributed by atoms with van der Waals surface area (Å²) in [6, 6.07) is -3.88. The van der Waals surface area contributed by atoms with E-state index in [0.717, 1.165) is 0 Å². The van der Waals surface area contributed by atoms with Crippen molar-refractivity contribution in [3.63, 3.8) is 0 Å². The Morgan fingerprint density at radius 2 is 1.50 bits per heavy atom. The number of amides is 4. The third-order valence-corrected chi connectivity index (χ3v) is 4.35. The fourth-order valence-corrected chi connectivity index (χ4v) is 2.63. The van der Waals surface area contributed by atoms with E-state index in [4.69, 9.17) is 21.7 Å². The average molecular weight is 449 g/mol. The first kappa shape index (κ1) is 27.1. The minimum atomic E-state index is -1.54. The van der Waals surface area contributed by atoms with E-state index in [9.17, 15) is 28.8 Å². The summed E-state index contributed by atoms with van der Waals surface area (Å²) in [5, 5.41) is 24.3. The van der Waals surface area contributed by atoms with Gasteiger partial charge in [0.25, 0.3) is 0 Å². The Labute approximate surface area is 176 Å². The molecule has 0 aromatic rings. The maximum absolute atomic E-state index is 12.5. The molecule has 0 heterocycles. The molecule has 0 aromatic heterocycles. The van der Waals surface area contributed by atoms with E-state index in [0.29, 0.717) is 5.75 Å². The zero-order chi connectivity index (χ0) is 23.3. The number of carboxylic acids is 2. The second-order valence-electron chi connectivity index (χ2n) is 6.22. The number of carbonyl (C=O) groups excluding carboxylic acids is 4. The summed E-state index contributed by atoms with van der Waals surface area (Å²) in [6.07, 6.45) is 0.840. The van der Waals surface area contributed by atoms with Crippen LogP contribution >= 0.6 is 11.8 Å². The predicted octanol–water partition coefficient (Wildman–Crippen LogP) is -3.02. The molecule has 0 aliphatic heterocycles. The van der Waals surface area contributed by atoms with Crippen molar-refractivity contribution < 1.29 is 39.0 Å². The molecule has 13 nitrogen and oxygen atoms in total. The van der Waals surface area contributed by atoms with Crippen LogP contribution in [-0.2, 0) is 28.8 Å². The number of nitrogens with two attached hydrogens (primary N) is 2. The number of hydrogen-bond donors (Lipinski definition) is 7. The van der Waals surface area contributed by atoms with Crippen molar-refractivity contribution in [2.24, 2.45) is 11.5 Å². The second kappa shape index (κ2) is 14.2. The zero-order valence-electron chi connectivity index (χ0n) is 16.4. The van der Waals surface area contributed by atoms with Crippen LogP contribution in [0.2, 0.25) is 0 Å². The highest BCUT2D eigenvalue weighted by atomic mass is 32.2. The number of rotatable bonds is 15. The fraction of sp³-hybridized carbons (Fsp3) is 0.625. The van der Waals surface area contributed by atoms with Gasteiger partial charge < -0.3 is 37.6 Å². The fourth-order valence-electron chi connectivity index (χ4n) is 2.15. The van der Waals surface area contributed by atoms with Crippen molar-refractivity contribution in [2.75, 3.05) is 18.6 Å². The topological polar surface area (TPSA) is 231 Å². The highest BCUT2D eigenvalue weighted by Crippen LogP contribution is 2.04. The van der Waals surface area contributed by atoms with E-state index in [2.05, 4.69) is 16.0 Å². The van der Waals surface area contributed by atoms with E-state index in [1.165, 1.54) is 11.8 Å². The Bertz CT molecular complexity index is 660. The highest BCUT2D eigenvalue weighted by Gasteiger charge is 2.29. The Kier molecular flexibility index (Phi) is 12.8. The molecule has 14 heteroatoms.